The van der Waals surface area contributed by atoms with E-state index in [4.69, 9.17) is 0 Å². The molecule has 3 heterocycles. The van der Waals surface area contributed by atoms with Crippen LogP contribution in [0.15, 0.2) is 60.0 Å². The molecule has 1 aliphatic carbocycles. The van der Waals surface area contributed by atoms with Crippen molar-refractivity contribution in [2.24, 2.45) is 0 Å². The molecule has 3 aromatic heterocycles. The van der Waals surface area contributed by atoms with E-state index in [1.54, 1.807) is 30.2 Å². The fourth-order valence-electron chi connectivity index (χ4n) is 4.64. The lowest BCUT2D eigenvalue weighted by atomic mass is 9.70. The number of nitrogens with one attached hydrogen (secondary N) is 1. The highest BCUT2D eigenvalue weighted by Gasteiger charge is 2.44. The van der Waals surface area contributed by atoms with Crippen molar-refractivity contribution in [1.82, 2.24) is 19.4 Å². The van der Waals surface area contributed by atoms with Gasteiger partial charge in [0.1, 0.15) is 5.82 Å². The van der Waals surface area contributed by atoms with Crippen molar-refractivity contribution in [2.45, 2.75) is 43.4 Å². The van der Waals surface area contributed by atoms with Crippen molar-refractivity contribution in [1.29, 1.82) is 0 Å². The maximum absolute atomic E-state index is 13.7. The fourth-order valence-corrected chi connectivity index (χ4v) is 5.04. The fraction of sp³-hybridized carbons (Fsp3) is 0.269. The predicted molar refractivity (Wildman–Crippen MR) is 133 cm³/mol. The minimum atomic E-state index is -0.791. The largest absolute Gasteiger partial charge is 0.310 e. The van der Waals surface area contributed by atoms with Gasteiger partial charge in [0.25, 0.3) is 0 Å². The van der Waals surface area contributed by atoms with Gasteiger partial charge < -0.3 is 9.72 Å². The minimum absolute atomic E-state index is 0.00545. The van der Waals surface area contributed by atoms with Crippen LogP contribution in [0.5, 0.6) is 0 Å². The first kappa shape index (κ1) is 22.3. The number of pyridine rings is 1. The summed E-state index contributed by atoms with van der Waals surface area (Å²) in [5, 5.41) is 2.91. The van der Waals surface area contributed by atoms with Crippen LogP contribution in [0.3, 0.4) is 0 Å². The number of amides is 1. The maximum Gasteiger partial charge on any atom is 0.229 e. The van der Waals surface area contributed by atoms with Gasteiger partial charge in [0, 0.05) is 35.2 Å². The summed E-state index contributed by atoms with van der Waals surface area (Å²) in [5.41, 5.74) is 3.67. The standard InChI is InChI=1S/C26H25N5O2S/c1-16-14-20(30-21(32)15-17-4-6-18(34-3)7-5-17)29-19-8-9-26(2,24(33)22(16)19)23-25-28-11-13-31(25)12-10-27-23/h4-7,10-14H,8-9,15H2,1-3H3,(H,29,30,32). The molecular weight excluding hydrogens is 446 g/mol. The second-order valence-corrected chi connectivity index (χ2v) is 9.69. The van der Waals surface area contributed by atoms with Gasteiger partial charge in [-0.1, -0.05) is 12.1 Å². The van der Waals surface area contributed by atoms with Gasteiger partial charge in [0.05, 0.1) is 23.2 Å². The molecule has 0 bridgehead atoms. The number of hydrogen-bond acceptors (Lipinski definition) is 6. The number of carbonyl (C=O) groups excluding carboxylic acids is 2. The zero-order chi connectivity index (χ0) is 23.9. The van der Waals surface area contributed by atoms with Crippen LogP contribution in [0.25, 0.3) is 5.65 Å². The highest BCUT2D eigenvalue weighted by Crippen LogP contribution is 2.39. The number of nitrogens with zero attached hydrogens (tertiary/aromatic N) is 4. The third-order valence-electron chi connectivity index (χ3n) is 6.51. The normalized spacial score (nSPS) is 17.6. The quantitative estimate of drug-likeness (QED) is 0.434. The highest BCUT2D eigenvalue weighted by atomic mass is 32.2. The summed E-state index contributed by atoms with van der Waals surface area (Å²) in [6.07, 6.45) is 10.6. The van der Waals surface area contributed by atoms with E-state index in [1.807, 2.05) is 61.2 Å². The van der Waals surface area contributed by atoms with E-state index >= 15 is 0 Å². The summed E-state index contributed by atoms with van der Waals surface area (Å²) in [6.45, 7) is 3.83. The zero-order valence-corrected chi connectivity index (χ0v) is 20.1. The molecule has 4 aromatic rings. The lowest BCUT2D eigenvalue weighted by Crippen LogP contribution is -2.39. The van der Waals surface area contributed by atoms with Crippen molar-refractivity contribution in [3.8, 4) is 0 Å². The molecule has 0 aliphatic heterocycles. The van der Waals surface area contributed by atoms with Crippen molar-refractivity contribution in [3.63, 3.8) is 0 Å². The Morgan fingerprint density at radius 2 is 1.91 bits per heavy atom. The first-order valence-electron chi connectivity index (χ1n) is 11.2. The van der Waals surface area contributed by atoms with E-state index in [2.05, 4.69) is 20.3 Å². The average Bonchev–Trinajstić information content (AvgIpc) is 3.31. The second-order valence-electron chi connectivity index (χ2n) is 8.81. The van der Waals surface area contributed by atoms with E-state index in [-0.39, 0.29) is 18.1 Å². The van der Waals surface area contributed by atoms with Crippen LogP contribution in [-0.4, -0.2) is 37.3 Å². The number of aromatic nitrogens is 4. The molecule has 1 amide bonds. The molecule has 0 fully saturated rings. The molecule has 0 saturated heterocycles. The van der Waals surface area contributed by atoms with Gasteiger partial charge in [-0.3, -0.25) is 14.6 Å². The van der Waals surface area contributed by atoms with E-state index in [1.165, 1.54) is 0 Å². The smallest absolute Gasteiger partial charge is 0.229 e. The first-order valence-corrected chi connectivity index (χ1v) is 12.4. The lowest BCUT2D eigenvalue weighted by Gasteiger charge is -2.33. The minimum Gasteiger partial charge on any atom is -0.310 e. The molecular formula is C26H25N5O2S. The van der Waals surface area contributed by atoms with Gasteiger partial charge in [-0.05, 0) is 62.3 Å². The van der Waals surface area contributed by atoms with Crippen LogP contribution in [0, 0.1) is 6.92 Å². The first-order chi connectivity index (χ1) is 16.4. The Morgan fingerprint density at radius 3 is 2.65 bits per heavy atom. The number of anilines is 1. The summed E-state index contributed by atoms with van der Waals surface area (Å²) in [6, 6.07) is 9.72. The number of benzene rings is 1. The van der Waals surface area contributed by atoms with Gasteiger partial charge in [-0.2, -0.15) is 0 Å². The number of imidazole rings is 1. The number of hydrogen-bond donors (Lipinski definition) is 1. The van der Waals surface area contributed by atoms with Crippen molar-refractivity contribution in [2.75, 3.05) is 11.6 Å². The Balaban J connectivity index is 1.39. The molecule has 8 heteroatoms. The molecule has 0 spiro atoms. The van der Waals surface area contributed by atoms with Crippen molar-refractivity contribution >= 4 is 34.9 Å². The van der Waals surface area contributed by atoms with Crippen LogP contribution in [-0.2, 0) is 23.1 Å². The molecule has 34 heavy (non-hydrogen) atoms. The van der Waals surface area contributed by atoms with E-state index in [0.29, 0.717) is 35.6 Å². The number of aryl methyl sites for hydroxylation is 2. The molecule has 1 unspecified atom stereocenters. The SMILES string of the molecule is CSc1ccc(CC(=O)Nc2cc(C)c3c(n2)CCC(C)(c2nccn4ccnc24)C3=O)cc1. The third-order valence-corrected chi connectivity index (χ3v) is 7.25. The topological polar surface area (TPSA) is 89.2 Å². The zero-order valence-electron chi connectivity index (χ0n) is 19.3. The molecule has 1 atom stereocenters. The lowest BCUT2D eigenvalue weighted by molar-refractivity contribution is -0.115. The number of ketones is 1. The predicted octanol–water partition coefficient (Wildman–Crippen LogP) is 4.42. The summed E-state index contributed by atoms with van der Waals surface area (Å²) < 4.78 is 1.88. The van der Waals surface area contributed by atoms with Crippen LogP contribution in [0.1, 0.15) is 46.2 Å². The Labute approximate surface area is 202 Å². The molecule has 0 radical (unpaired) electrons. The van der Waals surface area contributed by atoms with Gasteiger partial charge in [0.2, 0.25) is 5.91 Å². The van der Waals surface area contributed by atoms with Crippen LogP contribution in [0.2, 0.25) is 0 Å². The van der Waals surface area contributed by atoms with Crippen molar-refractivity contribution < 1.29 is 9.59 Å². The Bertz CT molecular complexity index is 1410. The van der Waals surface area contributed by atoms with E-state index in [9.17, 15) is 9.59 Å². The molecule has 1 aliphatic rings. The molecule has 1 aromatic carbocycles. The Hall–Kier alpha value is -3.52. The summed E-state index contributed by atoms with van der Waals surface area (Å²) in [7, 11) is 0. The number of Topliss-reactive ketones (excluding diaryl/α,β-unsaturated/α-hetero) is 1. The van der Waals surface area contributed by atoms with Gasteiger partial charge in [-0.15, -0.1) is 11.8 Å². The van der Waals surface area contributed by atoms with Crippen molar-refractivity contribution in [3.05, 3.63) is 83.2 Å². The molecule has 1 N–H and O–H groups in total. The molecule has 0 saturated carbocycles. The molecule has 172 valence electrons. The monoisotopic (exact) mass is 471 g/mol. The summed E-state index contributed by atoms with van der Waals surface area (Å²) in [4.78, 5) is 41.2. The highest BCUT2D eigenvalue weighted by molar-refractivity contribution is 7.98. The number of carbonyl (C=O) groups is 2. The number of rotatable bonds is 5. The second kappa shape index (κ2) is 8.68. The van der Waals surface area contributed by atoms with Gasteiger partial charge >= 0.3 is 0 Å². The molecule has 5 rings (SSSR count). The third kappa shape index (κ3) is 3.88. The van der Waals surface area contributed by atoms with Gasteiger partial charge in [0.15, 0.2) is 11.4 Å². The Morgan fingerprint density at radius 1 is 1.18 bits per heavy atom. The average molecular weight is 472 g/mol. The maximum atomic E-state index is 13.7. The van der Waals surface area contributed by atoms with E-state index < -0.39 is 5.41 Å². The number of thioether (sulfide) groups is 1. The molecule has 7 nitrogen and oxygen atoms in total. The summed E-state index contributed by atoms with van der Waals surface area (Å²) in [5.74, 6) is 0.340. The van der Waals surface area contributed by atoms with E-state index in [0.717, 1.165) is 21.7 Å². The van der Waals surface area contributed by atoms with Crippen LogP contribution < -0.4 is 5.32 Å². The van der Waals surface area contributed by atoms with Crippen LogP contribution in [0.4, 0.5) is 5.82 Å². The number of fused-ring (bicyclic) bond motifs is 2. The van der Waals surface area contributed by atoms with Gasteiger partial charge in [-0.25, -0.2) is 9.97 Å². The summed E-state index contributed by atoms with van der Waals surface area (Å²) >= 11 is 1.67. The Kier molecular flexibility index (Phi) is 5.69. The van der Waals surface area contributed by atoms with Crippen LogP contribution >= 0.6 is 11.8 Å².